The van der Waals surface area contributed by atoms with Gasteiger partial charge in [0.1, 0.15) is 67.1 Å². The highest BCUT2D eigenvalue weighted by Gasteiger charge is 2.66. The summed E-state index contributed by atoms with van der Waals surface area (Å²) in [5.41, 5.74) is 1.50. The maximum atomic E-state index is 14.6. The van der Waals surface area contributed by atoms with Crippen LogP contribution in [0.2, 0.25) is 0 Å². The predicted octanol–water partition coefficient (Wildman–Crippen LogP) is 0.778. The molecule has 0 amide bonds. The number of aliphatic hydroxyl groups is 10. The lowest BCUT2D eigenvalue weighted by atomic mass is 9.38. The maximum absolute atomic E-state index is 14.6. The van der Waals surface area contributed by atoms with Crippen molar-refractivity contribution in [3.63, 3.8) is 0 Å². The molecule has 3 heterocycles. The van der Waals surface area contributed by atoms with Crippen LogP contribution in [-0.4, -0.2) is 168 Å². The van der Waals surface area contributed by atoms with Crippen LogP contribution < -0.4 is 0 Å². The number of hydrogen-bond acceptors (Lipinski definition) is 17. The molecule has 6 fully saturated rings. The second-order valence-electron chi connectivity index (χ2n) is 22.2. The summed E-state index contributed by atoms with van der Waals surface area (Å²) in [5.74, 6) is 0.657. The molecule has 0 aromatic rings. The van der Waals surface area contributed by atoms with Gasteiger partial charge < -0.3 is 79.5 Å². The van der Waals surface area contributed by atoms with E-state index in [0.29, 0.717) is 31.1 Å². The van der Waals surface area contributed by atoms with Crippen LogP contribution in [0.3, 0.4) is 0 Å². The van der Waals surface area contributed by atoms with Gasteiger partial charge in [0.05, 0.1) is 30.8 Å². The van der Waals surface area contributed by atoms with Crippen LogP contribution in [0.15, 0.2) is 11.1 Å². The van der Waals surface area contributed by atoms with Crippen LogP contribution in [0.25, 0.3) is 0 Å². The molecule has 17 nitrogen and oxygen atoms in total. The molecule has 64 heavy (non-hydrogen) atoms. The first-order valence-corrected chi connectivity index (χ1v) is 23.9. The highest BCUT2D eigenvalue weighted by Crippen LogP contribution is 2.72. The highest BCUT2D eigenvalue weighted by molar-refractivity contribution is 5.79. The van der Waals surface area contributed by atoms with Crippen molar-refractivity contribution in [3.05, 3.63) is 11.1 Å². The molecule has 5 aliphatic carbocycles. The third-order valence-electron chi connectivity index (χ3n) is 18.7. The summed E-state index contributed by atoms with van der Waals surface area (Å²) in [7, 11) is 0. The Balaban J connectivity index is 0.978. The second kappa shape index (κ2) is 17.8. The van der Waals surface area contributed by atoms with E-state index >= 15 is 0 Å². The first-order valence-electron chi connectivity index (χ1n) is 23.9. The van der Waals surface area contributed by atoms with Crippen molar-refractivity contribution in [3.8, 4) is 0 Å². The third kappa shape index (κ3) is 7.67. The van der Waals surface area contributed by atoms with E-state index in [4.69, 9.17) is 28.4 Å². The minimum atomic E-state index is -1.69. The topological polar surface area (TPSA) is 275 Å². The predicted molar refractivity (Wildman–Crippen MR) is 224 cm³/mol. The zero-order valence-electron chi connectivity index (χ0n) is 38.4. The smallest absolute Gasteiger partial charge is 0.315 e. The second-order valence-corrected chi connectivity index (χ2v) is 22.2. The molecule has 8 aliphatic rings. The van der Waals surface area contributed by atoms with Crippen molar-refractivity contribution in [1.29, 1.82) is 0 Å². The van der Waals surface area contributed by atoms with Gasteiger partial charge in [-0.2, -0.15) is 0 Å². The molecule has 24 unspecified atom stereocenters. The zero-order chi connectivity index (χ0) is 46.6. The van der Waals surface area contributed by atoms with Gasteiger partial charge in [0, 0.05) is 0 Å². The third-order valence-corrected chi connectivity index (χ3v) is 18.7. The minimum Gasteiger partial charge on any atom is -0.432 e. The summed E-state index contributed by atoms with van der Waals surface area (Å²) in [6, 6.07) is 0. The molecule has 10 N–H and O–H groups in total. The first kappa shape index (κ1) is 49.0. The SMILES string of the molecule is CC1CCC2(C(=O)OC3OC(CO)C(O)C(O)C3O)CCC3=C(CCC4C3(C)CCC3C(C)(C)C(OC5OC(C)C(OC6OC(CO)C(O)C(O)C6O)C(O)C5O)CCC43C)C2C1C. The Morgan fingerprint density at radius 1 is 0.625 bits per heavy atom. The fourth-order valence-electron chi connectivity index (χ4n) is 14.9. The van der Waals surface area contributed by atoms with E-state index < -0.39 is 117 Å². The fourth-order valence-corrected chi connectivity index (χ4v) is 14.9. The number of allylic oxidation sites excluding steroid dienone is 2. The van der Waals surface area contributed by atoms with Crippen LogP contribution in [0.1, 0.15) is 113 Å². The number of hydrogen-bond donors (Lipinski definition) is 10. The monoisotopic (exact) mass is 913 g/mol. The Hall–Kier alpha value is -1.39. The quantitative estimate of drug-likeness (QED) is 0.0916. The van der Waals surface area contributed by atoms with Crippen LogP contribution in [-0.2, 0) is 33.2 Å². The number of carbonyl (C=O) groups is 1. The van der Waals surface area contributed by atoms with Gasteiger partial charge in [0.15, 0.2) is 12.6 Å². The van der Waals surface area contributed by atoms with Crippen molar-refractivity contribution in [2.45, 2.75) is 211 Å². The number of esters is 1. The summed E-state index contributed by atoms with van der Waals surface area (Å²) >= 11 is 0. The molecule has 17 heteroatoms. The lowest BCUT2D eigenvalue weighted by Gasteiger charge is -2.67. The molecule has 0 bridgehead atoms. The molecule has 366 valence electrons. The molecule has 0 radical (unpaired) electrons. The molecule has 8 rings (SSSR count). The van der Waals surface area contributed by atoms with Gasteiger partial charge in [-0.3, -0.25) is 4.79 Å². The Morgan fingerprint density at radius 3 is 1.86 bits per heavy atom. The maximum Gasteiger partial charge on any atom is 0.315 e. The van der Waals surface area contributed by atoms with Gasteiger partial charge in [-0.05, 0) is 117 Å². The molecule has 0 spiro atoms. The molecule has 3 saturated carbocycles. The van der Waals surface area contributed by atoms with Crippen molar-refractivity contribution in [1.82, 2.24) is 0 Å². The van der Waals surface area contributed by atoms with Crippen molar-refractivity contribution in [2.75, 3.05) is 13.2 Å². The molecular weight excluding hydrogens is 837 g/mol. The summed E-state index contributed by atoms with van der Waals surface area (Å²) in [5, 5.41) is 105. The highest BCUT2D eigenvalue weighted by atomic mass is 16.7. The Labute approximate surface area is 376 Å². The van der Waals surface area contributed by atoms with Crippen molar-refractivity contribution < 1.29 is 84.3 Å². The normalized spacial score (nSPS) is 53.9. The number of carbonyl (C=O) groups excluding carboxylic acids is 1. The van der Waals surface area contributed by atoms with E-state index in [9.17, 15) is 55.9 Å². The minimum absolute atomic E-state index is 0.0554. The van der Waals surface area contributed by atoms with Gasteiger partial charge >= 0.3 is 5.97 Å². The van der Waals surface area contributed by atoms with Crippen molar-refractivity contribution >= 4 is 5.97 Å². The first-order chi connectivity index (χ1) is 30.1. The summed E-state index contributed by atoms with van der Waals surface area (Å²) in [4.78, 5) is 14.6. The Morgan fingerprint density at radius 2 is 1.22 bits per heavy atom. The van der Waals surface area contributed by atoms with Crippen LogP contribution in [0, 0.1) is 51.2 Å². The van der Waals surface area contributed by atoms with Crippen LogP contribution >= 0.6 is 0 Å². The van der Waals surface area contributed by atoms with Gasteiger partial charge in [0.2, 0.25) is 6.29 Å². The summed E-state index contributed by atoms with van der Waals surface area (Å²) in [6.45, 7) is 14.2. The number of ether oxygens (including phenoxy) is 6. The number of aliphatic hydroxyl groups excluding tert-OH is 10. The molecule has 3 aliphatic heterocycles. The zero-order valence-corrected chi connectivity index (χ0v) is 38.4. The van der Waals surface area contributed by atoms with E-state index in [1.54, 1.807) is 6.92 Å². The van der Waals surface area contributed by atoms with E-state index in [1.165, 1.54) is 11.1 Å². The lowest BCUT2D eigenvalue weighted by Crippen LogP contribution is -2.65. The van der Waals surface area contributed by atoms with E-state index in [2.05, 4.69) is 41.5 Å². The largest absolute Gasteiger partial charge is 0.432 e. The number of rotatable bonds is 8. The Bertz CT molecular complexity index is 1720. The van der Waals surface area contributed by atoms with Crippen LogP contribution in [0.4, 0.5) is 0 Å². The van der Waals surface area contributed by atoms with E-state index in [1.807, 2.05) is 0 Å². The van der Waals surface area contributed by atoms with Gasteiger partial charge in [-0.25, -0.2) is 0 Å². The van der Waals surface area contributed by atoms with E-state index in [0.717, 1.165) is 44.9 Å². The Kier molecular flexibility index (Phi) is 13.7. The standard InChI is InChI=1S/C47H76O17/c1-20-10-16-47(43(58)64-42-37(56)34(53)32(51)26(19-49)61-42)17-11-24-23(30(47)21(20)2)8-9-28-45(24,6)14-12-27-44(4,5)29(13-15-46(27,28)7)62-40-38(57)35(54)39(22(3)59-40)63-41-36(55)33(52)31(50)25(18-48)60-41/h20-22,25-42,48-57H,8-19H2,1-7H3. The summed E-state index contributed by atoms with van der Waals surface area (Å²) < 4.78 is 35.8. The number of fused-ring (bicyclic) bond motifs is 6. The van der Waals surface area contributed by atoms with Gasteiger partial charge in [-0.15, -0.1) is 0 Å². The fraction of sp³-hybridized carbons (Fsp3) is 0.936. The van der Waals surface area contributed by atoms with Crippen molar-refractivity contribution in [2.24, 2.45) is 51.2 Å². The van der Waals surface area contributed by atoms with Crippen LogP contribution in [0.5, 0.6) is 0 Å². The van der Waals surface area contributed by atoms with E-state index in [-0.39, 0.29) is 40.1 Å². The average Bonchev–Trinajstić information content (AvgIpc) is 3.25. The molecule has 24 atom stereocenters. The van der Waals surface area contributed by atoms with Gasteiger partial charge in [0.25, 0.3) is 0 Å². The summed E-state index contributed by atoms with van der Waals surface area (Å²) in [6.07, 6.45) is -13.7. The molecule has 0 aromatic carbocycles. The molecule has 3 saturated heterocycles. The van der Waals surface area contributed by atoms with Gasteiger partial charge in [-0.1, -0.05) is 52.7 Å². The lowest BCUT2D eigenvalue weighted by molar-refractivity contribution is -0.364. The average molecular weight is 913 g/mol. The molecular formula is C47H76O17. The molecule has 0 aromatic heterocycles.